The normalized spacial score (nSPS) is 13.8. The molecule has 0 saturated carbocycles. The lowest BCUT2D eigenvalue weighted by atomic mass is 10.3. The van der Waals surface area contributed by atoms with E-state index in [0.717, 1.165) is 0 Å². The standard InChI is InChI=1S/C9H17ClN2O2S/c1-3-12(6-4-5-11)15(13,14)8-9(2)7-10/h9H,3-4,6-8H2,1-2H3. The van der Waals surface area contributed by atoms with Crippen LogP contribution in [-0.2, 0) is 10.0 Å². The Hall–Kier alpha value is -0.310. The van der Waals surface area contributed by atoms with Gasteiger partial charge in [0.2, 0.25) is 10.0 Å². The van der Waals surface area contributed by atoms with Crippen molar-refractivity contribution in [3.63, 3.8) is 0 Å². The van der Waals surface area contributed by atoms with E-state index in [4.69, 9.17) is 16.9 Å². The highest BCUT2D eigenvalue weighted by Gasteiger charge is 2.22. The molecule has 0 radical (unpaired) electrons. The molecule has 0 aromatic rings. The van der Waals surface area contributed by atoms with Gasteiger partial charge in [-0.15, -0.1) is 11.6 Å². The first-order valence-corrected chi connectivity index (χ1v) is 7.03. The molecule has 1 unspecified atom stereocenters. The second-order valence-electron chi connectivity index (χ2n) is 3.44. The van der Waals surface area contributed by atoms with E-state index in [1.807, 2.05) is 6.07 Å². The van der Waals surface area contributed by atoms with Crippen molar-refractivity contribution in [3.05, 3.63) is 0 Å². The molecular weight excluding hydrogens is 236 g/mol. The Morgan fingerprint density at radius 3 is 2.53 bits per heavy atom. The van der Waals surface area contributed by atoms with Gasteiger partial charge in [0.05, 0.1) is 11.8 Å². The van der Waals surface area contributed by atoms with Crippen LogP contribution in [-0.4, -0.2) is 37.4 Å². The van der Waals surface area contributed by atoms with E-state index in [9.17, 15) is 8.42 Å². The monoisotopic (exact) mass is 252 g/mol. The number of hydrogen-bond donors (Lipinski definition) is 0. The van der Waals surface area contributed by atoms with Crippen LogP contribution in [0.5, 0.6) is 0 Å². The summed E-state index contributed by atoms with van der Waals surface area (Å²) in [6.45, 7) is 4.23. The molecule has 0 aliphatic heterocycles. The molecule has 0 amide bonds. The van der Waals surface area contributed by atoms with Gasteiger partial charge in [0.25, 0.3) is 0 Å². The molecule has 15 heavy (non-hydrogen) atoms. The van der Waals surface area contributed by atoms with E-state index in [-0.39, 0.29) is 24.6 Å². The molecular formula is C9H17ClN2O2S. The van der Waals surface area contributed by atoms with E-state index in [1.54, 1.807) is 13.8 Å². The van der Waals surface area contributed by atoms with Crippen LogP contribution in [0.1, 0.15) is 20.3 Å². The SMILES string of the molecule is CCN(CCC#N)S(=O)(=O)CC(C)CCl. The van der Waals surface area contributed by atoms with Crippen molar-refractivity contribution in [2.24, 2.45) is 5.92 Å². The number of halogens is 1. The van der Waals surface area contributed by atoms with Crippen molar-refractivity contribution in [1.29, 1.82) is 5.26 Å². The minimum Gasteiger partial charge on any atom is -0.212 e. The Morgan fingerprint density at radius 2 is 2.13 bits per heavy atom. The Bertz CT molecular complexity index is 311. The van der Waals surface area contributed by atoms with Gasteiger partial charge in [-0.1, -0.05) is 13.8 Å². The summed E-state index contributed by atoms with van der Waals surface area (Å²) in [4.78, 5) is 0. The van der Waals surface area contributed by atoms with Gasteiger partial charge in [0.1, 0.15) is 0 Å². The van der Waals surface area contributed by atoms with Crippen LogP contribution in [0.4, 0.5) is 0 Å². The maximum Gasteiger partial charge on any atom is 0.214 e. The molecule has 1 atom stereocenters. The maximum atomic E-state index is 11.8. The molecule has 88 valence electrons. The highest BCUT2D eigenvalue weighted by Crippen LogP contribution is 2.09. The van der Waals surface area contributed by atoms with Crippen molar-refractivity contribution in [2.45, 2.75) is 20.3 Å². The summed E-state index contributed by atoms with van der Waals surface area (Å²) < 4.78 is 24.9. The Labute approximate surface area is 96.9 Å². The first-order chi connectivity index (χ1) is 6.97. The Balaban J connectivity index is 4.46. The van der Waals surface area contributed by atoms with Crippen LogP contribution < -0.4 is 0 Å². The molecule has 0 aliphatic rings. The third-order valence-corrected chi connectivity index (χ3v) is 4.72. The minimum absolute atomic E-state index is 0.0514. The fourth-order valence-electron chi connectivity index (χ4n) is 1.18. The largest absolute Gasteiger partial charge is 0.214 e. The fraction of sp³-hybridized carbons (Fsp3) is 0.889. The van der Waals surface area contributed by atoms with Crippen molar-refractivity contribution < 1.29 is 8.42 Å². The number of sulfonamides is 1. The van der Waals surface area contributed by atoms with Crippen LogP contribution in [0, 0.1) is 17.2 Å². The molecule has 0 heterocycles. The molecule has 6 heteroatoms. The van der Waals surface area contributed by atoms with Gasteiger partial charge >= 0.3 is 0 Å². The van der Waals surface area contributed by atoms with Gasteiger partial charge in [-0.2, -0.15) is 5.26 Å². The Kier molecular flexibility index (Phi) is 6.90. The summed E-state index contributed by atoms with van der Waals surface area (Å²) in [7, 11) is -3.26. The third kappa shape index (κ3) is 5.36. The van der Waals surface area contributed by atoms with Crippen LogP contribution in [0.3, 0.4) is 0 Å². The topological polar surface area (TPSA) is 61.2 Å². The van der Waals surface area contributed by atoms with Gasteiger partial charge in [-0.25, -0.2) is 12.7 Å². The molecule has 4 nitrogen and oxygen atoms in total. The van der Waals surface area contributed by atoms with E-state index in [2.05, 4.69) is 0 Å². The number of hydrogen-bond acceptors (Lipinski definition) is 3. The smallest absolute Gasteiger partial charge is 0.212 e. The predicted molar refractivity (Wildman–Crippen MR) is 61.1 cm³/mol. The highest BCUT2D eigenvalue weighted by molar-refractivity contribution is 7.89. The number of alkyl halides is 1. The molecule has 0 bridgehead atoms. The molecule has 0 spiro atoms. The molecule has 0 aromatic carbocycles. The second-order valence-corrected chi connectivity index (χ2v) is 5.76. The summed E-state index contributed by atoms with van der Waals surface area (Å²) in [5.41, 5.74) is 0. The zero-order valence-electron chi connectivity index (χ0n) is 9.11. The first kappa shape index (κ1) is 14.7. The molecule has 0 aliphatic carbocycles. The van der Waals surface area contributed by atoms with Crippen LogP contribution in [0.25, 0.3) is 0 Å². The van der Waals surface area contributed by atoms with Crippen molar-refractivity contribution >= 4 is 21.6 Å². The fourth-order valence-corrected chi connectivity index (χ4v) is 3.23. The average molecular weight is 253 g/mol. The summed E-state index contributed by atoms with van der Waals surface area (Å²) in [6, 6.07) is 1.94. The highest BCUT2D eigenvalue weighted by atomic mass is 35.5. The molecule has 0 rings (SSSR count). The van der Waals surface area contributed by atoms with Gasteiger partial charge in [0.15, 0.2) is 0 Å². The van der Waals surface area contributed by atoms with Crippen molar-refractivity contribution in [3.8, 4) is 6.07 Å². The molecule has 0 aromatic heterocycles. The predicted octanol–water partition coefficient (Wildman–Crippen LogP) is 1.43. The third-order valence-electron chi connectivity index (χ3n) is 1.98. The lowest BCUT2D eigenvalue weighted by Gasteiger charge is -2.20. The van der Waals surface area contributed by atoms with Crippen LogP contribution >= 0.6 is 11.6 Å². The number of rotatable bonds is 7. The summed E-state index contributed by atoms with van der Waals surface area (Å²) in [5, 5.41) is 8.41. The summed E-state index contributed by atoms with van der Waals surface area (Å²) in [5.74, 6) is 0.318. The minimum atomic E-state index is -3.26. The Morgan fingerprint density at radius 1 is 1.53 bits per heavy atom. The lowest BCUT2D eigenvalue weighted by molar-refractivity contribution is 0.430. The zero-order valence-corrected chi connectivity index (χ0v) is 10.7. The summed E-state index contributed by atoms with van der Waals surface area (Å²) in [6.07, 6.45) is 0.225. The van der Waals surface area contributed by atoms with E-state index >= 15 is 0 Å². The van der Waals surface area contributed by atoms with Gasteiger partial charge in [-0.3, -0.25) is 0 Å². The van der Waals surface area contributed by atoms with Crippen molar-refractivity contribution in [2.75, 3.05) is 24.7 Å². The van der Waals surface area contributed by atoms with Crippen LogP contribution in [0.15, 0.2) is 0 Å². The first-order valence-electron chi connectivity index (χ1n) is 4.88. The van der Waals surface area contributed by atoms with Crippen LogP contribution in [0.2, 0.25) is 0 Å². The van der Waals surface area contributed by atoms with E-state index < -0.39 is 10.0 Å². The van der Waals surface area contributed by atoms with Gasteiger partial charge in [-0.05, 0) is 5.92 Å². The van der Waals surface area contributed by atoms with Gasteiger partial charge in [0, 0.05) is 25.4 Å². The molecule has 0 fully saturated rings. The van der Waals surface area contributed by atoms with Crippen molar-refractivity contribution in [1.82, 2.24) is 4.31 Å². The number of nitriles is 1. The number of nitrogens with zero attached hydrogens (tertiary/aromatic N) is 2. The van der Waals surface area contributed by atoms with E-state index in [1.165, 1.54) is 4.31 Å². The van der Waals surface area contributed by atoms with E-state index in [0.29, 0.717) is 12.4 Å². The second kappa shape index (κ2) is 7.04. The maximum absolute atomic E-state index is 11.8. The molecule has 0 N–H and O–H groups in total. The summed E-state index contributed by atoms with van der Waals surface area (Å²) >= 11 is 5.57. The molecule has 0 saturated heterocycles. The quantitative estimate of drug-likeness (QED) is 0.644. The average Bonchev–Trinajstić information content (AvgIpc) is 2.17. The lowest BCUT2D eigenvalue weighted by Crippen LogP contribution is -2.35. The zero-order chi connectivity index (χ0) is 11.9. The van der Waals surface area contributed by atoms with Gasteiger partial charge < -0.3 is 0 Å².